The zero-order chi connectivity index (χ0) is 73.4. The van der Waals surface area contributed by atoms with Gasteiger partial charge in [0.25, 0.3) is 11.1 Å². The van der Waals surface area contributed by atoms with Crippen molar-refractivity contribution in [3.63, 3.8) is 0 Å². The second-order valence-electron chi connectivity index (χ2n) is 25.0. The van der Waals surface area contributed by atoms with Crippen molar-refractivity contribution in [1.82, 2.24) is 111 Å². The molecule has 20 atom stereocenters. The third-order valence-corrected chi connectivity index (χ3v) is 26.7. The smallest absolute Gasteiger partial charge is 0.403 e. The van der Waals surface area contributed by atoms with Gasteiger partial charge in [-0.2, -0.15) is 9.97 Å². The van der Waals surface area contributed by atoms with Crippen LogP contribution in [0.15, 0.2) is 47.6 Å². The van der Waals surface area contributed by atoms with E-state index in [9.17, 15) is 57.6 Å². The highest BCUT2D eigenvalue weighted by Crippen LogP contribution is 2.51. The molecule has 0 bridgehead atoms. The summed E-state index contributed by atoms with van der Waals surface area (Å²) in [5.74, 6) is -0.921. The molecule has 6 aliphatic rings. The molecular formula is C55H106N28O21P4Si-2. The fourth-order valence-corrected chi connectivity index (χ4v) is 17.8. The molecule has 4 unspecified atom stereocenters. The number of aliphatic hydroxyl groups is 2. The Morgan fingerprint density at radius 3 is 1.25 bits per heavy atom. The number of nitrogens with zero attached hydrogens (tertiary/aromatic N) is 14. The van der Waals surface area contributed by atoms with Gasteiger partial charge >= 0.3 is 15.5 Å². The average molecular weight is 1650 g/mol. The molecule has 8 aromatic rings. The molecule has 6 fully saturated rings. The van der Waals surface area contributed by atoms with Crippen molar-refractivity contribution < 1.29 is 89.5 Å². The summed E-state index contributed by atoms with van der Waals surface area (Å²) in [6.45, 7) is 9.06. The van der Waals surface area contributed by atoms with Crippen molar-refractivity contribution in [1.29, 1.82) is 0 Å². The van der Waals surface area contributed by atoms with Crippen molar-refractivity contribution >= 4 is 107 Å². The number of anilines is 4. The van der Waals surface area contributed by atoms with Crippen LogP contribution in [0, 0.1) is 5.92 Å². The molecule has 0 aromatic carbocycles. The number of ether oxygens (including phenoxy) is 4. The lowest BCUT2D eigenvalue weighted by Gasteiger charge is -2.42. The number of hydrogen-bond acceptors (Lipinski definition) is 37. The Hall–Kier alpha value is -6.78. The van der Waals surface area contributed by atoms with Crippen LogP contribution in [0.4, 0.5) is 23.5 Å². The van der Waals surface area contributed by atoms with Crippen LogP contribution in [-0.2, 0) is 59.7 Å². The summed E-state index contributed by atoms with van der Waals surface area (Å²) in [6, 6.07) is -5.08. The summed E-state index contributed by atoms with van der Waals surface area (Å²) < 4.78 is 112. The number of aromatic amines is 2. The fraction of sp³-hybridized carbons (Fsp3) is 0.636. The minimum Gasteiger partial charge on any atom is -0.766 e. The number of nitrogens with two attached hydrogens (primary N) is 6. The zero-order valence-electron chi connectivity index (χ0n) is 56.2. The Kier molecular flexibility index (Phi) is 32.5. The van der Waals surface area contributed by atoms with E-state index in [2.05, 4.69) is 91.6 Å². The zero-order valence-corrected chi connectivity index (χ0v) is 60.8. The van der Waals surface area contributed by atoms with E-state index in [1.165, 1.54) is 59.4 Å². The van der Waals surface area contributed by atoms with Crippen LogP contribution in [0.5, 0.6) is 0 Å². The Balaban J connectivity index is 0.000000509. The fourth-order valence-electron chi connectivity index (χ4n) is 12.0. The van der Waals surface area contributed by atoms with Crippen LogP contribution in [0.25, 0.3) is 44.7 Å². The molecule has 14 rings (SSSR count). The molecule has 618 valence electrons. The third-order valence-electron chi connectivity index (χ3n) is 17.7. The monoisotopic (exact) mass is 1650 g/mol. The molecule has 0 saturated carbocycles. The highest BCUT2D eigenvalue weighted by Gasteiger charge is 2.56. The van der Waals surface area contributed by atoms with Crippen LogP contribution >= 0.6 is 31.0 Å². The maximum absolute atomic E-state index is 13.8. The Labute approximate surface area is 627 Å². The van der Waals surface area contributed by atoms with Gasteiger partial charge in [-0.3, -0.25) is 61.1 Å². The molecule has 6 aliphatic heterocycles. The molecule has 6 saturated heterocycles. The van der Waals surface area contributed by atoms with Crippen molar-refractivity contribution in [3.8, 4) is 0 Å². The first kappa shape index (κ1) is 96.4. The summed E-state index contributed by atoms with van der Waals surface area (Å²) in [5.41, 5.74) is 31.9. The number of fused-ring (bicyclic) bond motifs is 8. The lowest BCUT2D eigenvalue weighted by atomic mass is 10.00. The van der Waals surface area contributed by atoms with Crippen molar-refractivity contribution in [3.05, 3.63) is 58.7 Å². The average Bonchev–Trinajstić information content (AvgIpc) is 1.62. The largest absolute Gasteiger partial charge is 0.766 e. The van der Waals surface area contributed by atoms with E-state index >= 15 is 0 Å². The van der Waals surface area contributed by atoms with E-state index in [4.69, 9.17) is 64.4 Å². The van der Waals surface area contributed by atoms with E-state index in [0.717, 1.165) is 6.33 Å². The van der Waals surface area contributed by atoms with Crippen LogP contribution < -0.4 is 88.0 Å². The molecule has 8 aromatic heterocycles. The minimum atomic E-state index is -4.96. The SMILES string of the molecule is C.C.C.C.C.C.CN.CN.C[C@@H]1[C@@H]2NP(=O)([O-])OC[C@H]3O[C@@H](n4cnc5c(N)ncnc54)[C@H](O[Si](C)(C)C(C)(C)C)[C@@H]3NP(=O)([O-])OC[C@H]2O[C@H]1n1cnc2c(=O)[nH]c(N)nc21.N.N.Nc1nc2c(ncn2[C@@H]2O[C@@H]3COP(=O)(O)N[C@H]4[C@@H](O)[C@H](n5cnc6c(N)ncnc65)O[C@@H]4COP(=O)(O)N[C@H]3[C@H]2O)c(=O)[nH]1. The van der Waals surface area contributed by atoms with Gasteiger partial charge in [-0.05, 0) is 32.2 Å². The molecule has 49 nitrogen and oxygen atoms in total. The number of aliphatic hydroxyl groups excluding tert-OH is 2. The van der Waals surface area contributed by atoms with Gasteiger partial charge in [0.2, 0.25) is 27.4 Å². The van der Waals surface area contributed by atoms with Gasteiger partial charge in [-0.25, -0.2) is 64.3 Å². The molecule has 14 heterocycles. The maximum Gasteiger partial charge on any atom is 0.403 e. The normalized spacial score (nSPS) is 32.3. The first-order valence-electron chi connectivity index (χ1n) is 30.7. The summed E-state index contributed by atoms with van der Waals surface area (Å²) in [5, 5.41) is 31.8. The van der Waals surface area contributed by atoms with E-state index in [1.54, 1.807) is 11.5 Å². The molecule has 0 spiro atoms. The minimum absolute atomic E-state index is 0. The second-order valence-corrected chi connectivity index (χ2v) is 35.9. The van der Waals surface area contributed by atoms with E-state index in [-0.39, 0.29) is 124 Å². The maximum atomic E-state index is 13.8. The Morgan fingerprint density at radius 1 is 0.505 bits per heavy atom. The lowest BCUT2D eigenvalue weighted by molar-refractivity contribution is -0.209. The molecule has 0 aliphatic carbocycles. The number of nitrogens with one attached hydrogen (secondary N) is 6. The van der Waals surface area contributed by atoms with Crippen molar-refractivity contribution in [2.45, 2.75) is 182 Å². The standard InChI is InChI=1S/C27H42N12O10P2Si.C20H26N12O11P2.2CH5N.6CH4.2H3N/c1-12-15-13(47-24(12)39-11-33-18-22(39)34-26(29)35-23(18)40)7-45-51(43,44)37-16-14(8-46-50(41,42)36-15)48-25(19(16)49-52(5,6)27(2,3)4)38-10-32-17-20(28)30-9-31-21(17)38;21-14-10-15(24-3-23-14)31(4-25-10)18-12(33)8-6(42-18)1-40-45(38,39)30-9-7(2-41-44(36,37)29-8)43-19(13(9)34)32-5-26-11-16(32)27-20(22)28-17(11)35;2*1-2;;;;;;;;/h9-16,19,24-25H,7-8H2,1-6H3,(H2,28,30,31)(H2,36,41,42)(H2,37,43,44)(H3,29,34,35,40);3-9,12-13,18-19,33-34H,1-2H2,(H2,21,23,24)(H2,29,36,37)(H2,30,38,39)(H3,22,27,28,35);2*2H2,1H3;6*1H4;2*1H3/p-2/t12-,13-,14-,15+,16-,19-,24-,25-;6-,7-,8-,9-,12-,13-,18-,19-;;;;;;;;;;/m11........../s1. The topological polar surface area (TPSA) is 767 Å². The summed E-state index contributed by atoms with van der Waals surface area (Å²) in [6.07, 6.45) is -6.37. The number of aromatic nitrogens is 16. The van der Waals surface area contributed by atoms with Crippen molar-refractivity contribution in [2.75, 3.05) is 63.5 Å². The van der Waals surface area contributed by atoms with Crippen LogP contribution in [-0.4, -0.2) is 214 Å². The number of nitrogen functional groups attached to an aromatic ring is 4. The quantitative estimate of drug-likeness (QED) is 0.0766. The molecule has 0 amide bonds. The van der Waals surface area contributed by atoms with Crippen LogP contribution in [0.1, 0.15) is 97.2 Å². The van der Waals surface area contributed by atoms with Gasteiger partial charge in [0.05, 0.1) is 69.9 Å². The first-order chi connectivity index (χ1) is 47.6. The highest BCUT2D eigenvalue weighted by atomic mass is 31.2. The summed E-state index contributed by atoms with van der Waals surface area (Å²) in [4.78, 5) is 119. The van der Waals surface area contributed by atoms with Gasteiger partial charge in [0.1, 0.15) is 72.6 Å². The Bertz CT molecular complexity index is 4690. The predicted octanol–water partition coefficient (Wildman–Crippen LogP) is -0.0599. The number of imidazole rings is 4. The van der Waals surface area contributed by atoms with Crippen LogP contribution in [0.3, 0.4) is 0 Å². The second kappa shape index (κ2) is 36.8. The number of rotatable bonds is 6. The van der Waals surface area contributed by atoms with Gasteiger partial charge in [-0.15, -0.1) is 0 Å². The van der Waals surface area contributed by atoms with Crippen molar-refractivity contribution in [2.24, 2.45) is 17.4 Å². The van der Waals surface area contributed by atoms with Gasteiger partial charge in [0.15, 0.2) is 72.3 Å². The predicted molar refractivity (Wildman–Crippen MR) is 401 cm³/mol. The lowest BCUT2D eigenvalue weighted by Crippen LogP contribution is -2.53. The highest BCUT2D eigenvalue weighted by molar-refractivity contribution is 7.51. The number of H-pyrrole nitrogens is 2. The van der Waals surface area contributed by atoms with E-state index < -0.39 is 175 Å². The molecule has 109 heavy (non-hydrogen) atoms. The molecule has 28 N–H and O–H groups in total. The number of hydrogen-bond donors (Lipinski definition) is 18. The first-order valence-corrected chi connectivity index (χ1v) is 39.8. The molecular weight excluding hydrogens is 1540 g/mol. The molecule has 0 radical (unpaired) electrons. The van der Waals surface area contributed by atoms with Gasteiger partial charge in [0, 0.05) is 12.0 Å². The van der Waals surface area contributed by atoms with Gasteiger partial charge < -0.3 is 109 Å². The Morgan fingerprint density at radius 2 is 0.835 bits per heavy atom. The molecule has 54 heteroatoms. The summed E-state index contributed by atoms with van der Waals surface area (Å²) in [7, 11) is -19.1. The third kappa shape index (κ3) is 19.3. The van der Waals surface area contributed by atoms with Gasteiger partial charge in [-0.1, -0.05) is 72.3 Å². The summed E-state index contributed by atoms with van der Waals surface area (Å²) >= 11 is 0. The van der Waals surface area contributed by atoms with Crippen LogP contribution in [0.2, 0.25) is 18.1 Å². The van der Waals surface area contributed by atoms with E-state index in [1.807, 2.05) is 33.9 Å². The van der Waals surface area contributed by atoms with E-state index in [0.29, 0.717) is 5.65 Å².